The van der Waals surface area contributed by atoms with E-state index in [2.05, 4.69) is 64.7 Å². The summed E-state index contributed by atoms with van der Waals surface area (Å²) in [4.78, 5) is 4.52. The van der Waals surface area contributed by atoms with Gasteiger partial charge in [-0.15, -0.1) is 0 Å². The molecule has 28 heavy (non-hydrogen) atoms. The van der Waals surface area contributed by atoms with Crippen molar-refractivity contribution in [1.82, 2.24) is 14.8 Å². The summed E-state index contributed by atoms with van der Waals surface area (Å²) >= 11 is 3.41. The highest BCUT2D eigenvalue weighted by molar-refractivity contribution is 9.10. The summed E-state index contributed by atoms with van der Waals surface area (Å²) in [7, 11) is -1.08. The highest BCUT2D eigenvalue weighted by Gasteiger charge is 2.18. The van der Waals surface area contributed by atoms with Gasteiger partial charge in [-0.3, -0.25) is 0 Å². The zero-order valence-electron chi connectivity index (χ0n) is 16.9. The van der Waals surface area contributed by atoms with Crippen LogP contribution in [0.2, 0.25) is 25.7 Å². The van der Waals surface area contributed by atoms with Gasteiger partial charge >= 0.3 is 0 Å². The Morgan fingerprint density at radius 2 is 2.04 bits per heavy atom. The molecule has 1 N–H and O–H groups in total. The summed E-state index contributed by atoms with van der Waals surface area (Å²) in [6.07, 6.45) is 2.02. The second-order valence-electron chi connectivity index (χ2n) is 8.41. The molecule has 7 heteroatoms. The summed E-state index contributed by atoms with van der Waals surface area (Å²) in [6.45, 7) is 10.3. The third-order valence-corrected chi connectivity index (χ3v) is 6.91. The number of aliphatic hydroxyl groups is 1. The van der Waals surface area contributed by atoms with Crippen LogP contribution >= 0.6 is 15.9 Å². The molecule has 1 aromatic carbocycles. The monoisotopic (exact) mass is 461 g/mol. The third kappa shape index (κ3) is 5.29. The number of ether oxygens (including phenoxy) is 1. The van der Waals surface area contributed by atoms with Gasteiger partial charge in [0.25, 0.3) is 0 Å². The largest absolute Gasteiger partial charge is 0.395 e. The van der Waals surface area contributed by atoms with Crippen LogP contribution in [0.3, 0.4) is 0 Å². The van der Waals surface area contributed by atoms with E-state index < -0.39 is 8.07 Å². The normalized spacial score (nSPS) is 13.2. The van der Waals surface area contributed by atoms with Gasteiger partial charge in [-0.2, -0.15) is 5.10 Å². The predicted molar refractivity (Wildman–Crippen MR) is 119 cm³/mol. The minimum absolute atomic E-state index is 0.00232. The van der Waals surface area contributed by atoms with Gasteiger partial charge in [0.05, 0.1) is 17.8 Å². The fourth-order valence-electron chi connectivity index (χ4n) is 3.18. The maximum Gasteiger partial charge on any atom is 0.139 e. The third-order valence-electron chi connectivity index (χ3n) is 4.77. The number of aryl methyl sites for hydroxylation is 1. The molecule has 0 aliphatic heterocycles. The minimum atomic E-state index is -1.08. The van der Waals surface area contributed by atoms with E-state index in [0.717, 1.165) is 45.0 Å². The summed E-state index contributed by atoms with van der Waals surface area (Å²) < 4.78 is 8.45. The van der Waals surface area contributed by atoms with Crippen LogP contribution in [0.15, 0.2) is 41.1 Å². The molecule has 150 valence electrons. The molecule has 0 aliphatic carbocycles. The maximum absolute atomic E-state index is 10.0. The first kappa shape index (κ1) is 21.2. The van der Waals surface area contributed by atoms with Gasteiger partial charge in [-0.25, -0.2) is 9.67 Å². The van der Waals surface area contributed by atoms with Crippen LogP contribution in [0, 0.1) is 6.92 Å². The smallest absolute Gasteiger partial charge is 0.139 e. The van der Waals surface area contributed by atoms with Crippen molar-refractivity contribution >= 4 is 34.9 Å². The molecule has 0 spiro atoms. The molecule has 1 unspecified atom stereocenters. The Labute approximate surface area is 175 Å². The van der Waals surface area contributed by atoms with Crippen LogP contribution in [0.25, 0.3) is 10.9 Å². The van der Waals surface area contributed by atoms with E-state index in [4.69, 9.17) is 4.74 Å². The van der Waals surface area contributed by atoms with E-state index in [1.807, 2.05) is 29.1 Å². The molecular formula is C21H28BrN3O2Si. The number of aromatic nitrogens is 3. The molecule has 0 aliphatic rings. The molecule has 0 saturated heterocycles. The van der Waals surface area contributed by atoms with E-state index in [-0.39, 0.29) is 12.5 Å². The van der Waals surface area contributed by atoms with Gasteiger partial charge in [-0.05, 0) is 58.2 Å². The van der Waals surface area contributed by atoms with Crippen molar-refractivity contribution in [3.05, 3.63) is 58.0 Å². The van der Waals surface area contributed by atoms with Gasteiger partial charge in [0, 0.05) is 32.2 Å². The van der Waals surface area contributed by atoms with Crippen molar-refractivity contribution in [1.29, 1.82) is 0 Å². The fraction of sp³-hybridized carbons (Fsp3) is 0.429. The van der Waals surface area contributed by atoms with Crippen LogP contribution in [0.1, 0.15) is 22.7 Å². The van der Waals surface area contributed by atoms with Gasteiger partial charge in [0.2, 0.25) is 0 Å². The lowest BCUT2D eigenvalue weighted by atomic mass is 9.93. The van der Waals surface area contributed by atoms with E-state index in [1.165, 1.54) is 0 Å². The van der Waals surface area contributed by atoms with Crippen molar-refractivity contribution < 1.29 is 9.84 Å². The van der Waals surface area contributed by atoms with Crippen LogP contribution < -0.4 is 0 Å². The first-order chi connectivity index (χ1) is 13.3. The first-order valence-electron chi connectivity index (χ1n) is 9.55. The number of rotatable bonds is 8. The van der Waals surface area contributed by atoms with Crippen molar-refractivity contribution in [2.24, 2.45) is 0 Å². The number of halogens is 1. The van der Waals surface area contributed by atoms with Crippen LogP contribution in [0.4, 0.5) is 0 Å². The zero-order chi connectivity index (χ0) is 20.3. The van der Waals surface area contributed by atoms with Crippen molar-refractivity contribution in [3.8, 4) is 0 Å². The Hall–Kier alpha value is -1.54. The van der Waals surface area contributed by atoms with Gasteiger partial charge in [0.15, 0.2) is 0 Å². The lowest BCUT2D eigenvalue weighted by Crippen LogP contribution is -2.22. The second kappa shape index (κ2) is 8.86. The number of fused-ring (bicyclic) bond motifs is 1. The van der Waals surface area contributed by atoms with Crippen LogP contribution in [-0.4, -0.2) is 41.2 Å². The lowest BCUT2D eigenvalue weighted by molar-refractivity contribution is 0.0791. The molecule has 0 bridgehead atoms. The average molecular weight is 462 g/mol. The van der Waals surface area contributed by atoms with E-state index in [9.17, 15) is 5.11 Å². The number of pyridine rings is 1. The maximum atomic E-state index is 10.0. The minimum Gasteiger partial charge on any atom is -0.395 e. The number of hydrogen-bond donors (Lipinski definition) is 1. The van der Waals surface area contributed by atoms with Crippen molar-refractivity contribution in [3.63, 3.8) is 0 Å². The lowest BCUT2D eigenvalue weighted by Gasteiger charge is -2.15. The molecule has 1 atom stereocenters. The Morgan fingerprint density at radius 1 is 1.25 bits per heavy atom. The summed E-state index contributed by atoms with van der Waals surface area (Å²) in [5.41, 5.74) is 3.94. The Bertz CT molecular complexity index is 952. The Morgan fingerprint density at radius 3 is 2.71 bits per heavy atom. The average Bonchev–Trinajstić information content (AvgIpc) is 3.02. The fourth-order valence-corrected chi connectivity index (χ4v) is 4.29. The highest BCUT2D eigenvalue weighted by Crippen LogP contribution is 2.29. The van der Waals surface area contributed by atoms with E-state index >= 15 is 0 Å². The van der Waals surface area contributed by atoms with Crippen molar-refractivity contribution in [2.45, 2.75) is 45.3 Å². The number of benzene rings is 1. The number of hydrogen-bond acceptors (Lipinski definition) is 4. The molecule has 0 radical (unpaired) electrons. The molecule has 0 fully saturated rings. The Balaban J connectivity index is 1.82. The highest BCUT2D eigenvalue weighted by atomic mass is 79.9. The Kier molecular flexibility index (Phi) is 6.70. The molecule has 0 saturated carbocycles. The molecule has 3 rings (SSSR count). The molecule has 5 nitrogen and oxygen atoms in total. The predicted octanol–water partition coefficient (Wildman–Crippen LogP) is 4.94. The van der Waals surface area contributed by atoms with E-state index in [0.29, 0.717) is 6.73 Å². The molecule has 2 heterocycles. The summed E-state index contributed by atoms with van der Waals surface area (Å²) in [5, 5.41) is 15.7. The molecule has 2 aromatic heterocycles. The quantitative estimate of drug-likeness (QED) is 0.293. The number of nitrogens with zero attached hydrogens (tertiary/aromatic N) is 3. The molecule has 0 amide bonds. The summed E-state index contributed by atoms with van der Waals surface area (Å²) in [5.74, 6) is -0.169. The number of aliphatic hydroxyl groups excluding tert-OH is 1. The zero-order valence-corrected chi connectivity index (χ0v) is 19.5. The standard InChI is InChI=1S/C21H28BrN3O2Si/c1-15-10-16(18(13-26)19-6-5-7-20(22)23-19)11-17-12-25(24-21(15)17)14-27-8-9-28(2,3)4/h5-7,10-12,18,26H,8-9,13-14H2,1-4H3. The van der Waals surface area contributed by atoms with Gasteiger partial charge in [0.1, 0.15) is 11.3 Å². The summed E-state index contributed by atoms with van der Waals surface area (Å²) in [6, 6.07) is 11.1. The van der Waals surface area contributed by atoms with Gasteiger partial charge < -0.3 is 9.84 Å². The van der Waals surface area contributed by atoms with Crippen molar-refractivity contribution in [2.75, 3.05) is 13.2 Å². The molecule has 3 aromatic rings. The van der Waals surface area contributed by atoms with Crippen LogP contribution in [0.5, 0.6) is 0 Å². The van der Waals surface area contributed by atoms with Crippen LogP contribution in [-0.2, 0) is 11.5 Å². The second-order valence-corrected chi connectivity index (χ2v) is 14.8. The SMILES string of the molecule is Cc1cc(C(CO)c2cccc(Br)n2)cc2cn(COCC[Si](C)(C)C)nc12. The van der Waals surface area contributed by atoms with Gasteiger partial charge in [-0.1, -0.05) is 31.8 Å². The molecular weight excluding hydrogens is 434 g/mol. The topological polar surface area (TPSA) is 60.2 Å². The van der Waals surface area contributed by atoms with E-state index in [1.54, 1.807) is 0 Å². The first-order valence-corrected chi connectivity index (χ1v) is 14.1.